The molecule has 5 rings (SSSR count). The summed E-state index contributed by atoms with van der Waals surface area (Å²) in [6, 6.07) is 9.67. The number of rotatable bonds is 4. The standard InChI is InChI=1S/C24H18Cl2N2O5S/c1-3-31-23(30)20-12(2)27-24-28(21(20)14-5-7-17-18(8-14)33-11-32-17)22(29)19(34-24)9-13-4-6-15(25)10-16(13)26/h4-10,21H,3,11H2,1-2H3/b19-9-/t21-/m1/s1. The number of allylic oxidation sites excluding steroid dienone is 1. The summed E-state index contributed by atoms with van der Waals surface area (Å²) in [5.41, 5.74) is 1.81. The number of thiazole rings is 1. The van der Waals surface area contributed by atoms with E-state index in [2.05, 4.69) is 4.99 Å². The number of fused-ring (bicyclic) bond motifs is 2. The van der Waals surface area contributed by atoms with Gasteiger partial charge in [0.25, 0.3) is 5.56 Å². The van der Waals surface area contributed by atoms with Gasteiger partial charge in [-0.1, -0.05) is 46.7 Å². The topological polar surface area (TPSA) is 79.1 Å². The molecule has 0 saturated carbocycles. The lowest BCUT2D eigenvalue weighted by Gasteiger charge is -2.24. The third-order valence-electron chi connectivity index (χ3n) is 5.48. The minimum atomic E-state index is -0.743. The van der Waals surface area contributed by atoms with Gasteiger partial charge in [0.2, 0.25) is 6.79 Å². The maximum atomic E-state index is 13.6. The van der Waals surface area contributed by atoms with Crippen molar-refractivity contribution in [2.75, 3.05) is 13.4 Å². The van der Waals surface area contributed by atoms with E-state index in [-0.39, 0.29) is 19.0 Å². The van der Waals surface area contributed by atoms with Gasteiger partial charge in [0.1, 0.15) is 0 Å². The van der Waals surface area contributed by atoms with Gasteiger partial charge in [0.15, 0.2) is 16.3 Å². The number of carbonyl (C=O) groups excluding carboxylic acids is 1. The number of esters is 1. The normalized spacial score (nSPS) is 16.9. The fourth-order valence-electron chi connectivity index (χ4n) is 3.95. The van der Waals surface area contributed by atoms with Crippen molar-refractivity contribution >= 4 is 46.6 Å². The second-order valence-electron chi connectivity index (χ2n) is 7.58. The number of aromatic nitrogens is 1. The van der Waals surface area contributed by atoms with Crippen molar-refractivity contribution in [1.82, 2.24) is 4.57 Å². The lowest BCUT2D eigenvalue weighted by molar-refractivity contribution is -0.139. The Bertz CT molecular complexity index is 1540. The second-order valence-corrected chi connectivity index (χ2v) is 9.43. The first kappa shape index (κ1) is 22.7. The van der Waals surface area contributed by atoms with Gasteiger partial charge in [-0.05, 0) is 55.3 Å². The number of halogens is 2. The lowest BCUT2D eigenvalue weighted by Crippen LogP contribution is -2.39. The monoisotopic (exact) mass is 516 g/mol. The van der Waals surface area contributed by atoms with Gasteiger partial charge >= 0.3 is 5.97 Å². The molecule has 0 unspecified atom stereocenters. The molecule has 0 saturated heterocycles. The van der Waals surface area contributed by atoms with Crippen molar-refractivity contribution in [2.24, 2.45) is 4.99 Å². The molecule has 34 heavy (non-hydrogen) atoms. The molecule has 7 nitrogen and oxygen atoms in total. The Morgan fingerprint density at radius 2 is 2.03 bits per heavy atom. The third-order valence-corrected chi connectivity index (χ3v) is 7.02. The maximum absolute atomic E-state index is 13.6. The molecular weight excluding hydrogens is 499 g/mol. The van der Waals surface area contributed by atoms with Gasteiger partial charge in [-0.25, -0.2) is 9.79 Å². The summed E-state index contributed by atoms with van der Waals surface area (Å²) in [7, 11) is 0. The first-order chi connectivity index (χ1) is 16.4. The first-order valence-corrected chi connectivity index (χ1v) is 12.0. The molecule has 0 amide bonds. The highest BCUT2D eigenvalue weighted by Gasteiger charge is 2.34. The van der Waals surface area contributed by atoms with E-state index < -0.39 is 12.0 Å². The highest BCUT2D eigenvalue weighted by atomic mass is 35.5. The molecule has 2 aliphatic heterocycles. The number of ether oxygens (including phenoxy) is 3. The van der Waals surface area contributed by atoms with Crippen molar-refractivity contribution in [3.8, 4) is 11.5 Å². The van der Waals surface area contributed by atoms with Crippen LogP contribution in [0.1, 0.15) is 31.0 Å². The van der Waals surface area contributed by atoms with Crippen molar-refractivity contribution in [3.05, 3.63) is 88.5 Å². The summed E-state index contributed by atoms with van der Waals surface area (Å²) < 4.78 is 18.2. The third kappa shape index (κ3) is 3.91. The number of benzene rings is 2. The van der Waals surface area contributed by atoms with Crippen LogP contribution < -0.4 is 24.4 Å². The van der Waals surface area contributed by atoms with Crippen molar-refractivity contribution in [2.45, 2.75) is 19.9 Å². The van der Waals surface area contributed by atoms with Gasteiger partial charge in [-0.2, -0.15) is 0 Å². The van der Waals surface area contributed by atoms with E-state index in [0.717, 1.165) is 0 Å². The summed E-state index contributed by atoms with van der Waals surface area (Å²) in [5, 5.41) is 0.926. The Kier molecular flexibility index (Phi) is 5.97. The summed E-state index contributed by atoms with van der Waals surface area (Å²) in [6.07, 6.45) is 1.70. The number of carbonyl (C=O) groups is 1. The summed E-state index contributed by atoms with van der Waals surface area (Å²) >= 11 is 13.5. The van der Waals surface area contributed by atoms with Gasteiger partial charge in [-0.15, -0.1) is 0 Å². The van der Waals surface area contributed by atoms with Gasteiger partial charge < -0.3 is 14.2 Å². The predicted octanol–water partition coefficient (Wildman–Crippen LogP) is 3.83. The smallest absolute Gasteiger partial charge is 0.338 e. The van der Waals surface area contributed by atoms with Crippen LogP contribution in [0.4, 0.5) is 0 Å². The second kappa shape index (κ2) is 8.94. The maximum Gasteiger partial charge on any atom is 0.338 e. The Hall–Kier alpha value is -3.07. The van der Waals surface area contributed by atoms with Crippen LogP contribution >= 0.6 is 34.5 Å². The minimum Gasteiger partial charge on any atom is -0.463 e. The Morgan fingerprint density at radius 3 is 2.79 bits per heavy atom. The first-order valence-electron chi connectivity index (χ1n) is 10.4. The van der Waals surface area contributed by atoms with Crippen LogP contribution in [-0.2, 0) is 9.53 Å². The molecule has 0 N–H and O–H groups in total. The van der Waals surface area contributed by atoms with E-state index in [1.807, 2.05) is 6.07 Å². The van der Waals surface area contributed by atoms with Crippen LogP contribution in [0.25, 0.3) is 6.08 Å². The van der Waals surface area contributed by atoms with Crippen LogP contribution in [0.2, 0.25) is 10.0 Å². The lowest BCUT2D eigenvalue weighted by atomic mass is 9.95. The fourth-order valence-corrected chi connectivity index (χ4v) is 5.45. The zero-order valence-corrected chi connectivity index (χ0v) is 20.5. The Labute approximate surface area is 208 Å². The molecule has 174 valence electrons. The van der Waals surface area contributed by atoms with Gasteiger partial charge in [-0.3, -0.25) is 9.36 Å². The van der Waals surface area contributed by atoms with Crippen molar-refractivity contribution < 1.29 is 19.0 Å². The molecule has 3 heterocycles. The van der Waals surface area contributed by atoms with E-state index in [9.17, 15) is 9.59 Å². The highest BCUT2D eigenvalue weighted by Crippen LogP contribution is 2.38. The van der Waals surface area contributed by atoms with Crippen LogP contribution in [0, 0.1) is 0 Å². The Morgan fingerprint density at radius 1 is 1.24 bits per heavy atom. The van der Waals surface area contributed by atoms with Crippen LogP contribution in [0.3, 0.4) is 0 Å². The molecule has 10 heteroatoms. The molecular formula is C24H18Cl2N2O5S. The molecule has 3 aromatic rings. The molecule has 0 bridgehead atoms. The number of hydrogen-bond donors (Lipinski definition) is 0. The molecule has 2 aliphatic rings. The van der Waals surface area contributed by atoms with Crippen molar-refractivity contribution in [1.29, 1.82) is 0 Å². The molecule has 1 aromatic heterocycles. The highest BCUT2D eigenvalue weighted by molar-refractivity contribution is 7.07. The zero-order valence-electron chi connectivity index (χ0n) is 18.1. The van der Waals surface area contributed by atoms with E-state index in [1.54, 1.807) is 50.3 Å². The van der Waals surface area contributed by atoms with E-state index in [1.165, 1.54) is 15.9 Å². The van der Waals surface area contributed by atoms with E-state index in [4.69, 9.17) is 37.4 Å². The fraction of sp³-hybridized carbons (Fsp3) is 0.208. The summed E-state index contributed by atoms with van der Waals surface area (Å²) in [6.45, 7) is 3.78. The summed E-state index contributed by atoms with van der Waals surface area (Å²) in [5.74, 6) is 0.624. The Balaban J connectivity index is 1.73. The SMILES string of the molecule is CCOC(=O)C1=C(C)N=c2s/c(=C\c3ccc(Cl)cc3Cl)c(=O)n2[C@@H]1c1ccc2c(c1)OCO2. The molecule has 0 aliphatic carbocycles. The van der Waals surface area contributed by atoms with E-state index in [0.29, 0.717) is 53.3 Å². The van der Waals surface area contributed by atoms with Gasteiger partial charge in [0.05, 0.1) is 28.5 Å². The average Bonchev–Trinajstić information content (AvgIpc) is 3.38. The molecule has 0 spiro atoms. The van der Waals surface area contributed by atoms with Crippen LogP contribution in [0.15, 0.2) is 57.5 Å². The zero-order chi connectivity index (χ0) is 24.0. The molecule has 0 fully saturated rings. The molecule has 1 atom stereocenters. The molecule has 2 aromatic carbocycles. The number of nitrogens with zero attached hydrogens (tertiary/aromatic N) is 2. The van der Waals surface area contributed by atoms with Crippen LogP contribution in [-0.4, -0.2) is 23.9 Å². The minimum absolute atomic E-state index is 0.114. The van der Waals surface area contributed by atoms with Crippen LogP contribution in [0.5, 0.6) is 11.5 Å². The number of hydrogen-bond acceptors (Lipinski definition) is 7. The largest absolute Gasteiger partial charge is 0.463 e. The van der Waals surface area contributed by atoms with Gasteiger partial charge in [0, 0.05) is 10.0 Å². The molecule has 0 radical (unpaired) electrons. The summed E-state index contributed by atoms with van der Waals surface area (Å²) in [4.78, 5) is 31.6. The average molecular weight is 517 g/mol. The van der Waals surface area contributed by atoms with E-state index >= 15 is 0 Å². The predicted molar refractivity (Wildman–Crippen MR) is 129 cm³/mol. The van der Waals surface area contributed by atoms with Crippen molar-refractivity contribution in [3.63, 3.8) is 0 Å². The quantitative estimate of drug-likeness (QED) is 0.492.